The summed E-state index contributed by atoms with van der Waals surface area (Å²) in [5.41, 5.74) is 1.70. The summed E-state index contributed by atoms with van der Waals surface area (Å²) in [6.07, 6.45) is 5.30. The molecule has 0 radical (unpaired) electrons. The Kier molecular flexibility index (Phi) is 8.91. The van der Waals surface area contributed by atoms with Gasteiger partial charge in [0.1, 0.15) is 28.7 Å². The lowest BCUT2D eigenvalue weighted by Crippen LogP contribution is -2.47. The summed E-state index contributed by atoms with van der Waals surface area (Å²) in [5.74, 6) is -0.413. The smallest absolute Gasteiger partial charge is 0.411 e. The number of piperidine rings is 1. The molecule has 2 N–H and O–H groups in total. The first-order valence-corrected chi connectivity index (χ1v) is 16.2. The van der Waals surface area contributed by atoms with E-state index >= 15 is 0 Å². The summed E-state index contributed by atoms with van der Waals surface area (Å²) in [5, 5.41) is 10.7. The van der Waals surface area contributed by atoms with Crippen LogP contribution in [0.3, 0.4) is 0 Å². The maximum absolute atomic E-state index is 14.1. The molecule has 4 heterocycles. The number of hydrogen-bond acceptors (Lipinski definition) is 8. The second-order valence-electron chi connectivity index (χ2n) is 12.3. The van der Waals surface area contributed by atoms with Crippen LogP contribution in [0.5, 0.6) is 0 Å². The summed E-state index contributed by atoms with van der Waals surface area (Å²) in [7, 11) is 0. The Hall–Kier alpha value is -3.84. The molecule has 3 aliphatic rings. The molecule has 0 spiro atoms. The first kappa shape index (κ1) is 31.2. The third-order valence-corrected chi connectivity index (χ3v) is 9.43. The van der Waals surface area contributed by atoms with Gasteiger partial charge in [0, 0.05) is 36.1 Å². The molecule has 1 saturated heterocycles. The number of Topliss-reactive ketones (excluding diaryl/α,β-unsaturated/α-hetero) is 1. The van der Waals surface area contributed by atoms with E-state index in [-0.39, 0.29) is 41.3 Å². The van der Waals surface area contributed by atoms with Crippen LogP contribution in [0.4, 0.5) is 16.3 Å². The average Bonchev–Trinajstić information content (AvgIpc) is 3.42. The number of ketones is 1. The highest BCUT2D eigenvalue weighted by Crippen LogP contribution is 2.60. The summed E-state index contributed by atoms with van der Waals surface area (Å²) in [4.78, 5) is 58.9. The molecule has 2 aromatic heterocycles. The molecule has 2 aliphatic heterocycles. The predicted octanol–water partition coefficient (Wildman–Crippen LogP) is 5.23. The van der Waals surface area contributed by atoms with Crippen LogP contribution in [0.2, 0.25) is 0 Å². The van der Waals surface area contributed by atoms with Crippen molar-refractivity contribution in [1.29, 1.82) is 0 Å². The first-order chi connectivity index (χ1) is 21.6. The quantitative estimate of drug-likeness (QED) is 0.283. The standard InChI is InChI=1S/C32H37BrN6O6/c1-19-8-11-26(33)35-29(19)36-30(42)24-15-32-16-25(32)39(24)27(41)17-38-23-14-21(9-10-22(23)28(37-38)20(2)40)34-31(43)45-13-7-5-3-4-6-12-44-18-32/h8-11,14,24-25H,3-7,12-13,15-18H2,1-2H3,(H,34,43)(H,35,36,42)/t24-,25+,32-/m0/s1. The van der Waals surface area contributed by atoms with Crippen LogP contribution >= 0.6 is 15.9 Å². The number of amides is 3. The number of fused-ring (bicyclic) bond motifs is 1. The maximum Gasteiger partial charge on any atom is 0.411 e. The fourth-order valence-electron chi connectivity index (χ4n) is 6.52. The molecule has 3 aromatic rings. The van der Waals surface area contributed by atoms with Crippen LogP contribution in [0, 0.1) is 12.3 Å². The van der Waals surface area contributed by atoms with E-state index < -0.39 is 12.1 Å². The Balaban J connectivity index is 1.31. The number of anilines is 2. The Morgan fingerprint density at radius 3 is 2.64 bits per heavy atom. The molecule has 238 valence electrons. The third-order valence-electron chi connectivity index (χ3n) is 8.99. The molecule has 4 bridgehead atoms. The van der Waals surface area contributed by atoms with Gasteiger partial charge in [0.15, 0.2) is 5.78 Å². The molecule has 1 saturated carbocycles. The third kappa shape index (κ3) is 6.60. The number of cyclic esters (lactones) is 1. The van der Waals surface area contributed by atoms with E-state index in [0.29, 0.717) is 53.3 Å². The lowest BCUT2D eigenvalue weighted by atomic mass is 10.00. The summed E-state index contributed by atoms with van der Waals surface area (Å²) in [6, 6.07) is 7.85. The lowest BCUT2D eigenvalue weighted by molar-refractivity contribution is -0.138. The second-order valence-corrected chi connectivity index (χ2v) is 13.1. The predicted molar refractivity (Wildman–Crippen MR) is 170 cm³/mol. The highest BCUT2D eigenvalue weighted by atomic mass is 79.9. The molecule has 3 amide bonds. The second kappa shape index (κ2) is 12.9. The summed E-state index contributed by atoms with van der Waals surface area (Å²) >= 11 is 3.37. The van der Waals surface area contributed by atoms with Crippen LogP contribution in [-0.2, 0) is 25.6 Å². The van der Waals surface area contributed by atoms with E-state index in [1.807, 2.05) is 13.0 Å². The van der Waals surface area contributed by atoms with Crippen molar-refractivity contribution in [2.45, 2.75) is 77.4 Å². The number of aryl methyl sites for hydroxylation is 1. The minimum absolute atomic E-state index is 0.146. The minimum atomic E-state index is -0.723. The van der Waals surface area contributed by atoms with Crippen LogP contribution < -0.4 is 10.6 Å². The number of nitrogens with one attached hydrogen (secondary N) is 2. The first-order valence-electron chi connectivity index (χ1n) is 15.4. The van der Waals surface area contributed by atoms with Gasteiger partial charge in [0.25, 0.3) is 0 Å². The van der Waals surface area contributed by atoms with Crippen molar-refractivity contribution in [3.63, 3.8) is 0 Å². The van der Waals surface area contributed by atoms with E-state index in [2.05, 4.69) is 36.6 Å². The number of carbonyl (C=O) groups excluding carboxylic acids is 4. The number of halogens is 1. The number of aromatic nitrogens is 3. The fraction of sp³-hybridized carbons (Fsp3) is 0.500. The van der Waals surface area contributed by atoms with Crippen molar-refractivity contribution < 1.29 is 28.7 Å². The zero-order valence-electron chi connectivity index (χ0n) is 25.4. The van der Waals surface area contributed by atoms with Gasteiger partial charge in [-0.1, -0.05) is 25.3 Å². The molecule has 1 aromatic carbocycles. The van der Waals surface area contributed by atoms with Crippen molar-refractivity contribution in [2.75, 3.05) is 30.5 Å². The van der Waals surface area contributed by atoms with Gasteiger partial charge in [-0.3, -0.25) is 24.4 Å². The maximum atomic E-state index is 14.1. The van der Waals surface area contributed by atoms with E-state index in [4.69, 9.17) is 9.47 Å². The van der Waals surface area contributed by atoms with Gasteiger partial charge < -0.3 is 19.7 Å². The number of pyridine rings is 1. The van der Waals surface area contributed by atoms with Crippen LogP contribution in [0.1, 0.15) is 67.9 Å². The summed E-state index contributed by atoms with van der Waals surface area (Å²) < 4.78 is 13.5. The van der Waals surface area contributed by atoms with Crippen LogP contribution in [0.15, 0.2) is 34.9 Å². The Morgan fingerprint density at radius 2 is 1.84 bits per heavy atom. The highest BCUT2D eigenvalue weighted by Gasteiger charge is 2.67. The van der Waals surface area contributed by atoms with Gasteiger partial charge in [0.2, 0.25) is 11.8 Å². The van der Waals surface area contributed by atoms with Crippen LogP contribution in [0.25, 0.3) is 10.9 Å². The molecule has 3 atom stereocenters. The van der Waals surface area contributed by atoms with Gasteiger partial charge in [0.05, 0.1) is 18.7 Å². The van der Waals surface area contributed by atoms with Crippen molar-refractivity contribution in [2.24, 2.45) is 5.41 Å². The van der Waals surface area contributed by atoms with E-state index in [0.717, 1.165) is 44.1 Å². The SMILES string of the molecule is CC(=O)c1nn2c3cc(ccc13)NC(=O)OCCCCCCCOC[C@@]13C[C@@H](C(=O)Nc4nc(Br)ccc4C)N(C(=O)C2)[C@@H]1C3. The molecule has 6 rings (SSSR count). The normalized spacial score (nSPS) is 24.4. The Morgan fingerprint density at radius 1 is 1.07 bits per heavy atom. The van der Waals surface area contributed by atoms with Crippen LogP contribution in [-0.4, -0.2) is 75.3 Å². The minimum Gasteiger partial charge on any atom is -0.449 e. The zero-order chi connectivity index (χ0) is 31.7. The Labute approximate surface area is 269 Å². The molecule has 0 unspecified atom stereocenters. The number of ether oxygens (including phenoxy) is 2. The van der Waals surface area contributed by atoms with Crippen molar-refractivity contribution in [3.05, 3.63) is 46.2 Å². The fourth-order valence-corrected chi connectivity index (χ4v) is 6.83. The van der Waals surface area contributed by atoms with Gasteiger partial charge in [-0.15, -0.1) is 0 Å². The molecule has 1 aliphatic carbocycles. The van der Waals surface area contributed by atoms with E-state index in [9.17, 15) is 19.2 Å². The topological polar surface area (TPSA) is 145 Å². The number of carbonyl (C=O) groups is 4. The number of nitrogens with zero attached hydrogens (tertiary/aromatic N) is 4. The monoisotopic (exact) mass is 680 g/mol. The molecule has 45 heavy (non-hydrogen) atoms. The summed E-state index contributed by atoms with van der Waals surface area (Å²) in [6.45, 7) is 4.49. The zero-order valence-corrected chi connectivity index (χ0v) is 27.0. The molecule has 2 fully saturated rings. The Bertz CT molecular complexity index is 1660. The number of benzene rings is 1. The molecule has 13 heteroatoms. The number of rotatable bonds is 3. The van der Waals surface area contributed by atoms with E-state index in [1.165, 1.54) is 11.6 Å². The van der Waals surface area contributed by atoms with Crippen molar-refractivity contribution in [1.82, 2.24) is 19.7 Å². The average molecular weight is 682 g/mol. The van der Waals surface area contributed by atoms with Gasteiger partial charge in [-0.25, -0.2) is 9.78 Å². The number of hydrogen-bond donors (Lipinski definition) is 2. The highest BCUT2D eigenvalue weighted by molar-refractivity contribution is 9.10. The molecule has 12 nitrogen and oxygen atoms in total. The van der Waals surface area contributed by atoms with Crippen molar-refractivity contribution >= 4 is 62.0 Å². The van der Waals surface area contributed by atoms with E-state index in [1.54, 1.807) is 29.2 Å². The molecular formula is C32H37BrN6O6. The van der Waals surface area contributed by atoms with Crippen molar-refractivity contribution in [3.8, 4) is 0 Å². The lowest BCUT2D eigenvalue weighted by Gasteiger charge is -2.27. The largest absolute Gasteiger partial charge is 0.449 e. The van der Waals surface area contributed by atoms with Gasteiger partial charge >= 0.3 is 6.09 Å². The van der Waals surface area contributed by atoms with Gasteiger partial charge in [-0.05, 0) is 78.4 Å². The van der Waals surface area contributed by atoms with Gasteiger partial charge in [-0.2, -0.15) is 5.10 Å². The molecular weight excluding hydrogens is 644 g/mol.